The second-order valence-electron chi connectivity index (χ2n) is 3.84. The number of anilines is 2. The Morgan fingerprint density at radius 2 is 2.00 bits per heavy atom. The highest BCUT2D eigenvalue weighted by molar-refractivity contribution is 9.10. The minimum Gasteiger partial charge on any atom is -0.397 e. The smallest absolute Gasteiger partial charge is 0.255 e. The highest BCUT2D eigenvalue weighted by atomic mass is 79.9. The van der Waals surface area contributed by atoms with Crippen LogP contribution in [-0.4, -0.2) is 5.91 Å². The molecule has 0 unspecified atom stereocenters. The van der Waals surface area contributed by atoms with Gasteiger partial charge in [0, 0.05) is 15.1 Å². The van der Waals surface area contributed by atoms with Gasteiger partial charge in [-0.05, 0) is 36.4 Å². The van der Waals surface area contributed by atoms with Gasteiger partial charge < -0.3 is 11.1 Å². The third-order valence-electron chi connectivity index (χ3n) is 2.39. The lowest BCUT2D eigenvalue weighted by atomic mass is 10.2. The SMILES string of the molecule is Nc1ccc(F)cc1NC(=O)c1cc(Cl)cc(Br)c1. The molecule has 3 N–H and O–H groups in total. The fourth-order valence-electron chi connectivity index (χ4n) is 1.52. The second kappa shape index (κ2) is 5.59. The number of nitrogen functional groups attached to an aromatic ring is 1. The first-order valence-corrected chi connectivity index (χ1v) is 6.45. The van der Waals surface area contributed by atoms with E-state index >= 15 is 0 Å². The topological polar surface area (TPSA) is 55.1 Å². The summed E-state index contributed by atoms with van der Waals surface area (Å²) < 4.78 is 13.8. The number of benzene rings is 2. The van der Waals surface area contributed by atoms with E-state index in [-0.39, 0.29) is 11.4 Å². The molecular weight excluding hydrogens is 335 g/mol. The van der Waals surface area contributed by atoms with Crippen molar-refractivity contribution in [3.63, 3.8) is 0 Å². The second-order valence-corrected chi connectivity index (χ2v) is 5.20. The molecule has 0 bridgehead atoms. The number of hydrogen-bond donors (Lipinski definition) is 2. The van der Waals surface area contributed by atoms with Crippen LogP contribution in [0.4, 0.5) is 15.8 Å². The fourth-order valence-corrected chi connectivity index (χ4v) is 2.38. The Labute approximate surface area is 122 Å². The van der Waals surface area contributed by atoms with Crippen molar-refractivity contribution in [2.75, 3.05) is 11.1 Å². The summed E-state index contributed by atoms with van der Waals surface area (Å²) in [5.74, 6) is -0.891. The molecule has 0 atom stereocenters. The van der Waals surface area contributed by atoms with E-state index in [1.54, 1.807) is 12.1 Å². The van der Waals surface area contributed by atoms with Gasteiger partial charge in [-0.1, -0.05) is 27.5 Å². The summed E-state index contributed by atoms with van der Waals surface area (Å²) in [6, 6.07) is 8.55. The number of rotatable bonds is 2. The van der Waals surface area contributed by atoms with Crippen molar-refractivity contribution in [1.82, 2.24) is 0 Å². The molecule has 98 valence electrons. The molecule has 0 heterocycles. The zero-order chi connectivity index (χ0) is 14.0. The van der Waals surface area contributed by atoms with Gasteiger partial charge in [0.15, 0.2) is 0 Å². The summed E-state index contributed by atoms with van der Waals surface area (Å²) in [5.41, 5.74) is 6.52. The first-order chi connectivity index (χ1) is 8.95. The minimum atomic E-state index is -0.475. The Bertz CT molecular complexity index is 628. The van der Waals surface area contributed by atoms with Crippen molar-refractivity contribution in [3.05, 3.63) is 57.3 Å². The Kier molecular flexibility index (Phi) is 4.07. The predicted molar refractivity (Wildman–Crippen MR) is 77.9 cm³/mol. The van der Waals surface area contributed by atoms with Crippen LogP contribution in [-0.2, 0) is 0 Å². The van der Waals surface area contributed by atoms with Crippen LogP contribution < -0.4 is 11.1 Å². The van der Waals surface area contributed by atoms with Crippen LogP contribution in [0, 0.1) is 5.82 Å². The molecule has 0 saturated carbocycles. The predicted octanol–water partition coefficient (Wildman–Crippen LogP) is 4.08. The van der Waals surface area contributed by atoms with Crippen LogP contribution in [0.1, 0.15) is 10.4 Å². The van der Waals surface area contributed by atoms with Gasteiger partial charge >= 0.3 is 0 Å². The Morgan fingerprint density at radius 1 is 1.26 bits per heavy atom. The van der Waals surface area contributed by atoms with Gasteiger partial charge in [0.25, 0.3) is 5.91 Å². The molecule has 19 heavy (non-hydrogen) atoms. The van der Waals surface area contributed by atoms with Gasteiger partial charge in [-0.2, -0.15) is 0 Å². The first kappa shape index (κ1) is 13.8. The van der Waals surface area contributed by atoms with Gasteiger partial charge in [0.2, 0.25) is 0 Å². The monoisotopic (exact) mass is 342 g/mol. The molecule has 0 aliphatic carbocycles. The van der Waals surface area contributed by atoms with Crippen molar-refractivity contribution in [2.45, 2.75) is 0 Å². The summed E-state index contributed by atoms with van der Waals surface area (Å²) in [4.78, 5) is 12.0. The summed E-state index contributed by atoms with van der Waals surface area (Å²) in [7, 11) is 0. The van der Waals surface area contributed by atoms with Crippen LogP contribution in [0.5, 0.6) is 0 Å². The average molecular weight is 344 g/mol. The molecule has 0 radical (unpaired) electrons. The van der Waals surface area contributed by atoms with Crippen molar-refractivity contribution in [2.24, 2.45) is 0 Å². The quantitative estimate of drug-likeness (QED) is 0.807. The minimum absolute atomic E-state index is 0.223. The first-order valence-electron chi connectivity index (χ1n) is 5.28. The highest BCUT2D eigenvalue weighted by Gasteiger charge is 2.10. The number of carbonyl (C=O) groups is 1. The number of nitrogens with two attached hydrogens (primary N) is 1. The molecule has 0 aliphatic heterocycles. The molecule has 0 fully saturated rings. The van der Waals surface area contributed by atoms with E-state index < -0.39 is 11.7 Å². The molecular formula is C13H9BrClFN2O. The van der Waals surface area contributed by atoms with Crippen LogP contribution in [0.15, 0.2) is 40.9 Å². The normalized spacial score (nSPS) is 10.3. The molecule has 6 heteroatoms. The fraction of sp³-hybridized carbons (Fsp3) is 0. The maximum absolute atomic E-state index is 13.1. The highest BCUT2D eigenvalue weighted by Crippen LogP contribution is 2.23. The number of nitrogens with one attached hydrogen (secondary N) is 1. The van der Waals surface area contributed by atoms with Crippen LogP contribution in [0.25, 0.3) is 0 Å². The zero-order valence-electron chi connectivity index (χ0n) is 9.58. The largest absolute Gasteiger partial charge is 0.397 e. The lowest BCUT2D eigenvalue weighted by Gasteiger charge is -2.09. The zero-order valence-corrected chi connectivity index (χ0v) is 11.9. The standard InChI is InChI=1S/C13H9BrClFN2O/c14-8-3-7(4-9(15)5-8)13(19)18-12-6-10(16)1-2-11(12)17/h1-6H,17H2,(H,18,19). The van der Waals surface area contributed by atoms with Gasteiger partial charge in [-0.3, -0.25) is 4.79 Å². The number of hydrogen-bond acceptors (Lipinski definition) is 2. The van der Waals surface area contributed by atoms with Crippen LogP contribution in [0.3, 0.4) is 0 Å². The van der Waals surface area contributed by atoms with E-state index in [0.29, 0.717) is 15.1 Å². The number of carbonyl (C=O) groups excluding carboxylic acids is 1. The van der Waals surface area contributed by atoms with Crippen molar-refractivity contribution >= 4 is 44.8 Å². The molecule has 3 nitrogen and oxygen atoms in total. The van der Waals surface area contributed by atoms with Gasteiger partial charge in [-0.25, -0.2) is 4.39 Å². The molecule has 2 aromatic carbocycles. The Balaban J connectivity index is 2.28. The van der Waals surface area contributed by atoms with Gasteiger partial charge in [-0.15, -0.1) is 0 Å². The lowest BCUT2D eigenvalue weighted by molar-refractivity contribution is 0.102. The van der Waals surface area contributed by atoms with Crippen molar-refractivity contribution < 1.29 is 9.18 Å². The average Bonchev–Trinajstić information content (AvgIpc) is 2.32. The maximum Gasteiger partial charge on any atom is 0.255 e. The third-order valence-corrected chi connectivity index (χ3v) is 3.06. The number of amides is 1. The van der Waals surface area contributed by atoms with Crippen molar-refractivity contribution in [3.8, 4) is 0 Å². The van der Waals surface area contributed by atoms with Gasteiger partial charge in [0.1, 0.15) is 5.82 Å². The van der Waals surface area contributed by atoms with Crippen LogP contribution >= 0.6 is 27.5 Å². The molecule has 0 saturated heterocycles. The molecule has 0 aromatic heterocycles. The molecule has 0 aliphatic rings. The van der Waals surface area contributed by atoms with Crippen molar-refractivity contribution in [1.29, 1.82) is 0 Å². The molecule has 2 rings (SSSR count). The van der Waals surface area contributed by atoms with E-state index in [4.69, 9.17) is 17.3 Å². The number of halogens is 3. The molecule has 0 spiro atoms. The lowest BCUT2D eigenvalue weighted by Crippen LogP contribution is -2.13. The van der Waals surface area contributed by atoms with E-state index in [1.807, 2.05) is 0 Å². The van der Waals surface area contributed by atoms with E-state index in [2.05, 4.69) is 21.2 Å². The van der Waals surface area contributed by atoms with Gasteiger partial charge in [0.05, 0.1) is 11.4 Å². The van der Waals surface area contributed by atoms with Crippen LogP contribution in [0.2, 0.25) is 5.02 Å². The summed E-state index contributed by atoms with van der Waals surface area (Å²) in [5, 5.41) is 2.96. The van der Waals surface area contributed by atoms with E-state index in [0.717, 1.165) is 6.07 Å². The maximum atomic E-state index is 13.1. The molecule has 1 amide bonds. The van der Waals surface area contributed by atoms with E-state index in [9.17, 15) is 9.18 Å². The summed E-state index contributed by atoms with van der Waals surface area (Å²) >= 11 is 9.10. The van der Waals surface area contributed by atoms with E-state index in [1.165, 1.54) is 18.2 Å². The summed E-state index contributed by atoms with van der Waals surface area (Å²) in [6.45, 7) is 0. The Hall–Kier alpha value is -1.59. The molecule has 2 aromatic rings. The Morgan fingerprint density at radius 3 is 2.68 bits per heavy atom. The summed E-state index contributed by atoms with van der Waals surface area (Å²) in [6.07, 6.45) is 0. The third kappa shape index (κ3) is 3.45.